The Hall–Kier alpha value is -2.93. The van der Waals surface area contributed by atoms with Crippen molar-refractivity contribution in [2.75, 3.05) is 20.1 Å². The van der Waals surface area contributed by atoms with E-state index < -0.39 is 23.3 Å². The number of benzene rings is 1. The summed E-state index contributed by atoms with van der Waals surface area (Å²) >= 11 is 0. The fraction of sp³-hybridized carbons (Fsp3) is 0.500. The van der Waals surface area contributed by atoms with E-state index in [0.29, 0.717) is 18.0 Å². The van der Waals surface area contributed by atoms with Crippen molar-refractivity contribution < 1.29 is 14.7 Å². The molecular weight excluding hydrogens is 418 g/mol. The van der Waals surface area contributed by atoms with Crippen LogP contribution in [0.25, 0.3) is 0 Å². The van der Waals surface area contributed by atoms with Gasteiger partial charge in [-0.15, -0.1) is 0 Å². The quantitative estimate of drug-likeness (QED) is 0.640. The maximum atomic E-state index is 13.2. The van der Waals surface area contributed by atoms with Crippen LogP contribution in [-0.4, -0.2) is 46.5 Å². The van der Waals surface area contributed by atoms with Crippen molar-refractivity contribution in [2.45, 2.75) is 58.1 Å². The summed E-state index contributed by atoms with van der Waals surface area (Å²) in [6.45, 7) is 4.42. The van der Waals surface area contributed by atoms with Crippen molar-refractivity contribution in [3.8, 4) is 0 Å². The molecule has 0 unspecified atom stereocenters. The third-order valence-electron chi connectivity index (χ3n) is 6.37. The third kappa shape index (κ3) is 6.32. The van der Waals surface area contributed by atoms with Gasteiger partial charge in [-0.2, -0.15) is 0 Å². The van der Waals surface area contributed by atoms with E-state index in [0.717, 1.165) is 12.8 Å². The Labute approximate surface area is 195 Å². The third-order valence-corrected chi connectivity index (χ3v) is 6.37. The lowest BCUT2D eigenvalue weighted by Crippen LogP contribution is -2.38. The van der Waals surface area contributed by atoms with Gasteiger partial charge in [-0.1, -0.05) is 49.6 Å². The standard InChI is InChI=1S/C26H35N3O4/c1-18(2)29-15-21(25(32)27-14-19-10-6-4-7-11-19)24(31)22(16-29)26(33)28(3)17-23(30)20-12-8-5-9-13-20/h5,8-9,12-13,15-16,18-19,23,30H,4,6-7,10-11,14,17H2,1-3H3,(H,27,32)/t23-/m0/s1. The first-order valence-electron chi connectivity index (χ1n) is 11.8. The van der Waals surface area contributed by atoms with Crippen LogP contribution in [0.1, 0.15) is 84.4 Å². The summed E-state index contributed by atoms with van der Waals surface area (Å²) in [7, 11) is 1.55. The topological polar surface area (TPSA) is 91.6 Å². The van der Waals surface area contributed by atoms with Crippen LogP contribution in [0.15, 0.2) is 47.5 Å². The molecule has 33 heavy (non-hydrogen) atoms. The van der Waals surface area contributed by atoms with Gasteiger partial charge >= 0.3 is 0 Å². The maximum absolute atomic E-state index is 13.2. The minimum atomic E-state index is -0.880. The van der Waals surface area contributed by atoms with E-state index in [1.165, 1.54) is 36.6 Å². The van der Waals surface area contributed by atoms with Gasteiger partial charge in [0.15, 0.2) is 0 Å². The van der Waals surface area contributed by atoms with Gasteiger partial charge in [0.05, 0.1) is 12.6 Å². The molecule has 2 N–H and O–H groups in total. The van der Waals surface area contributed by atoms with Crippen molar-refractivity contribution in [1.82, 2.24) is 14.8 Å². The first kappa shape index (κ1) is 24.7. The maximum Gasteiger partial charge on any atom is 0.259 e. The number of aliphatic hydroxyl groups is 1. The second-order valence-electron chi connectivity index (χ2n) is 9.28. The number of rotatable bonds is 8. The Kier molecular flexibility index (Phi) is 8.44. The van der Waals surface area contributed by atoms with Crippen molar-refractivity contribution >= 4 is 11.8 Å². The Morgan fingerprint density at radius 3 is 2.36 bits per heavy atom. The van der Waals surface area contributed by atoms with Gasteiger partial charge in [0.25, 0.3) is 11.8 Å². The van der Waals surface area contributed by atoms with E-state index in [4.69, 9.17) is 0 Å². The molecule has 1 aliphatic carbocycles. The largest absolute Gasteiger partial charge is 0.387 e. The number of amides is 2. The molecule has 7 heteroatoms. The summed E-state index contributed by atoms with van der Waals surface area (Å²) in [5.74, 6) is -0.529. The van der Waals surface area contributed by atoms with Gasteiger partial charge in [0.2, 0.25) is 5.43 Å². The van der Waals surface area contributed by atoms with Crippen LogP contribution in [0.2, 0.25) is 0 Å². The molecule has 3 rings (SSSR count). The van der Waals surface area contributed by atoms with Crippen LogP contribution < -0.4 is 10.7 Å². The predicted octanol–water partition coefficient (Wildman–Crippen LogP) is 3.54. The molecule has 2 aromatic rings. The SMILES string of the molecule is CC(C)n1cc(C(=O)NCC2CCCCC2)c(=O)c(C(=O)N(C)C[C@H](O)c2ccccc2)c1. The molecule has 0 aliphatic heterocycles. The second kappa shape index (κ2) is 11.3. The molecule has 1 atom stereocenters. The average molecular weight is 454 g/mol. The van der Waals surface area contributed by atoms with Gasteiger partial charge in [-0.3, -0.25) is 14.4 Å². The van der Waals surface area contributed by atoms with E-state index in [9.17, 15) is 19.5 Å². The number of hydrogen-bond acceptors (Lipinski definition) is 4. The highest BCUT2D eigenvalue weighted by Crippen LogP contribution is 2.23. The minimum Gasteiger partial charge on any atom is -0.387 e. The Morgan fingerprint density at radius 1 is 1.09 bits per heavy atom. The molecule has 1 aromatic heterocycles. The normalized spacial score (nSPS) is 15.3. The lowest BCUT2D eigenvalue weighted by atomic mass is 9.89. The number of nitrogens with one attached hydrogen (secondary N) is 1. The van der Waals surface area contributed by atoms with Gasteiger partial charge < -0.3 is 19.9 Å². The zero-order valence-electron chi connectivity index (χ0n) is 19.8. The molecule has 178 valence electrons. The Balaban J connectivity index is 1.80. The number of nitrogens with zero attached hydrogens (tertiary/aromatic N) is 2. The highest BCUT2D eigenvalue weighted by atomic mass is 16.3. The number of carbonyl (C=O) groups excluding carboxylic acids is 2. The summed E-state index contributed by atoms with van der Waals surface area (Å²) in [4.78, 5) is 40.5. The molecule has 0 spiro atoms. The van der Waals surface area contributed by atoms with Crippen LogP contribution in [0.3, 0.4) is 0 Å². The molecule has 0 radical (unpaired) electrons. The number of aromatic nitrogens is 1. The van der Waals surface area contributed by atoms with E-state index in [2.05, 4.69) is 5.32 Å². The van der Waals surface area contributed by atoms with Gasteiger partial charge in [0, 0.05) is 32.0 Å². The molecule has 1 heterocycles. The molecule has 1 aromatic carbocycles. The molecule has 1 aliphatic rings. The van der Waals surface area contributed by atoms with E-state index in [-0.39, 0.29) is 23.7 Å². The fourth-order valence-electron chi connectivity index (χ4n) is 4.26. The number of likely N-dealkylation sites (N-methyl/N-ethyl adjacent to an activating group) is 1. The van der Waals surface area contributed by atoms with Crippen LogP contribution in [0.4, 0.5) is 0 Å². The van der Waals surface area contributed by atoms with Crippen LogP contribution in [0.5, 0.6) is 0 Å². The van der Waals surface area contributed by atoms with Crippen molar-refractivity contribution in [3.63, 3.8) is 0 Å². The first-order chi connectivity index (χ1) is 15.8. The minimum absolute atomic E-state index is 0.0256. The summed E-state index contributed by atoms with van der Waals surface area (Å²) in [6.07, 6.45) is 7.90. The number of hydrogen-bond donors (Lipinski definition) is 2. The van der Waals surface area contributed by atoms with E-state index in [1.807, 2.05) is 32.0 Å². The molecule has 1 fully saturated rings. The summed E-state index contributed by atoms with van der Waals surface area (Å²) in [6, 6.07) is 9.01. The monoisotopic (exact) mass is 453 g/mol. The van der Waals surface area contributed by atoms with Gasteiger partial charge in [0.1, 0.15) is 11.1 Å². The van der Waals surface area contributed by atoms with Crippen LogP contribution >= 0.6 is 0 Å². The Bertz CT molecular complexity index is 1010. The molecule has 7 nitrogen and oxygen atoms in total. The average Bonchev–Trinajstić information content (AvgIpc) is 2.83. The number of aliphatic hydroxyl groups excluding tert-OH is 1. The van der Waals surface area contributed by atoms with Crippen molar-refractivity contribution in [2.24, 2.45) is 5.92 Å². The van der Waals surface area contributed by atoms with Crippen molar-refractivity contribution in [1.29, 1.82) is 0 Å². The molecular formula is C26H35N3O4. The summed E-state index contributed by atoms with van der Waals surface area (Å²) < 4.78 is 1.71. The zero-order valence-corrected chi connectivity index (χ0v) is 19.8. The lowest BCUT2D eigenvalue weighted by Gasteiger charge is -2.23. The van der Waals surface area contributed by atoms with Crippen molar-refractivity contribution in [3.05, 3.63) is 69.6 Å². The van der Waals surface area contributed by atoms with E-state index in [1.54, 1.807) is 23.7 Å². The Morgan fingerprint density at radius 2 is 1.73 bits per heavy atom. The van der Waals surface area contributed by atoms with E-state index >= 15 is 0 Å². The summed E-state index contributed by atoms with van der Waals surface area (Å²) in [5, 5.41) is 13.4. The predicted molar refractivity (Wildman–Crippen MR) is 128 cm³/mol. The highest BCUT2D eigenvalue weighted by molar-refractivity contribution is 5.99. The van der Waals surface area contributed by atoms with Gasteiger partial charge in [-0.25, -0.2) is 0 Å². The molecule has 1 saturated carbocycles. The second-order valence-corrected chi connectivity index (χ2v) is 9.28. The highest BCUT2D eigenvalue weighted by Gasteiger charge is 2.24. The summed E-state index contributed by atoms with van der Waals surface area (Å²) in [5.41, 5.74) is 0.00539. The molecule has 0 saturated heterocycles. The van der Waals surface area contributed by atoms with Crippen LogP contribution in [-0.2, 0) is 0 Å². The first-order valence-corrected chi connectivity index (χ1v) is 11.8. The molecule has 2 amide bonds. The van der Waals surface area contributed by atoms with Gasteiger partial charge in [-0.05, 0) is 38.2 Å². The zero-order chi connectivity index (χ0) is 24.0. The molecule has 0 bridgehead atoms. The number of pyridine rings is 1. The van der Waals surface area contributed by atoms with Crippen LogP contribution in [0, 0.1) is 5.92 Å². The fourth-order valence-corrected chi connectivity index (χ4v) is 4.26. The smallest absolute Gasteiger partial charge is 0.259 e. The number of carbonyl (C=O) groups is 2. The lowest BCUT2D eigenvalue weighted by molar-refractivity contribution is 0.0678.